The SMILES string of the molecule is CCCC(CN)C(=O)NC(C)(C)C(N)=O. The predicted molar refractivity (Wildman–Crippen MR) is 58.9 cm³/mol. The number of carbonyl (C=O) groups is 2. The Hall–Kier alpha value is -1.10. The van der Waals surface area contributed by atoms with E-state index >= 15 is 0 Å². The maximum atomic E-state index is 11.7. The Bertz CT molecular complexity index is 239. The van der Waals surface area contributed by atoms with Gasteiger partial charge in [-0.1, -0.05) is 13.3 Å². The van der Waals surface area contributed by atoms with Crippen LogP contribution >= 0.6 is 0 Å². The van der Waals surface area contributed by atoms with Gasteiger partial charge < -0.3 is 16.8 Å². The third kappa shape index (κ3) is 4.29. The number of amides is 2. The molecule has 0 aromatic rings. The fourth-order valence-electron chi connectivity index (χ4n) is 1.18. The Morgan fingerprint density at radius 2 is 1.93 bits per heavy atom. The second-order valence-corrected chi connectivity index (χ2v) is 4.20. The van der Waals surface area contributed by atoms with Gasteiger partial charge >= 0.3 is 0 Å². The fraction of sp³-hybridized carbons (Fsp3) is 0.800. The fourth-order valence-corrected chi connectivity index (χ4v) is 1.18. The number of nitrogens with one attached hydrogen (secondary N) is 1. The van der Waals surface area contributed by atoms with Gasteiger partial charge in [-0.15, -0.1) is 0 Å². The average molecular weight is 215 g/mol. The van der Waals surface area contributed by atoms with Crippen LogP contribution in [0.25, 0.3) is 0 Å². The maximum absolute atomic E-state index is 11.7. The van der Waals surface area contributed by atoms with Crippen molar-refractivity contribution >= 4 is 11.8 Å². The van der Waals surface area contributed by atoms with E-state index in [0.29, 0.717) is 0 Å². The van der Waals surface area contributed by atoms with Crippen molar-refractivity contribution in [2.45, 2.75) is 39.2 Å². The van der Waals surface area contributed by atoms with Gasteiger partial charge in [-0.05, 0) is 20.3 Å². The highest BCUT2D eigenvalue weighted by Gasteiger charge is 2.29. The molecule has 5 N–H and O–H groups in total. The van der Waals surface area contributed by atoms with Gasteiger partial charge in [-0.3, -0.25) is 9.59 Å². The molecule has 15 heavy (non-hydrogen) atoms. The van der Waals surface area contributed by atoms with Crippen LogP contribution < -0.4 is 16.8 Å². The summed E-state index contributed by atoms with van der Waals surface area (Å²) in [5.74, 6) is -1.00. The third-order valence-corrected chi connectivity index (χ3v) is 2.34. The van der Waals surface area contributed by atoms with Crippen molar-refractivity contribution in [3.8, 4) is 0 Å². The molecule has 0 aliphatic rings. The minimum absolute atomic E-state index is 0.205. The lowest BCUT2D eigenvalue weighted by molar-refractivity contribution is -0.132. The van der Waals surface area contributed by atoms with Crippen molar-refractivity contribution in [1.82, 2.24) is 5.32 Å². The van der Waals surface area contributed by atoms with Crippen LogP contribution in [0.15, 0.2) is 0 Å². The second-order valence-electron chi connectivity index (χ2n) is 4.20. The van der Waals surface area contributed by atoms with Crippen LogP contribution in [0.4, 0.5) is 0 Å². The highest BCUT2D eigenvalue weighted by atomic mass is 16.2. The maximum Gasteiger partial charge on any atom is 0.242 e. The molecule has 0 saturated carbocycles. The van der Waals surface area contributed by atoms with Crippen LogP contribution in [0.3, 0.4) is 0 Å². The minimum Gasteiger partial charge on any atom is -0.368 e. The molecule has 88 valence electrons. The molecule has 0 heterocycles. The van der Waals surface area contributed by atoms with Crippen LogP contribution in [-0.4, -0.2) is 23.9 Å². The van der Waals surface area contributed by atoms with Gasteiger partial charge in [0.2, 0.25) is 11.8 Å². The number of hydrogen-bond donors (Lipinski definition) is 3. The molecule has 1 atom stereocenters. The summed E-state index contributed by atoms with van der Waals surface area (Å²) in [6.07, 6.45) is 1.60. The molecule has 0 aromatic heterocycles. The molecule has 0 aromatic carbocycles. The van der Waals surface area contributed by atoms with Crippen molar-refractivity contribution in [3.63, 3.8) is 0 Å². The molecule has 0 rings (SSSR count). The van der Waals surface area contributed by atoms with E-state index < -0.39 is 11.4 Å². The van der Waals surface area contributed by atoms with Crippen molar-refractivity contribution in [1.29, 1.82) is 0 Å². The summed E-state index contributed by atoms with van der Waals surface area (Å²) < 4.78 is 0. The number of rotatable bonds is 6. The van der Waals surface area contributed by atoms with Gasteiger partial charge in [0.1, 0.15) is 5.54 Å². The number of primary amides is 1. The molecule has 5 nitrogen and oxygen atoms in total. The molecule has 0 aliphatic carbocycles. The quantitative estimate of drug-likeness (QED) is 0.569. The smallest absolute Gasteiger partial charge is 0.242 e. The Labute approximate surface area is 90.6 Å². The number of carbonyl (C=O) groups excluding carboxylic acids is 2. The standard InChI is InChI=1S/C10H21N3O2/c1-4-5-7(6-11)8(14)13-10(2,3)9(12)15/h7H,4-6,11H2,1-3H3,(H2,12,15)(H,13,14). The van der Waals surface area contributed by atoms with Crippen LogP contribution in [0.2, 0.25) is 0 Å². The lowest BCUT2D eigenvalue weighted by atomic mass is 9.99. The minimum atomic E-state index is -1.02. The van der Waals surface area contributed by atoms with E-state index in [1.165, 1.54) is 0 Å². The van der Waals surface area contributed by atoms with Gasteiger partial charge in [0, 0.05) is 6.54 Å². The zero-order valence-electron chi connectivity index (χ0n) is 9.67. The molecule has 0 saturated heterocycles. The summed E-state index contributed by atoms with van der Waals surface area (Å²) >= 11 is 0. The Balaban J connectivity index is 4.39. The Kier molecular flexibility index (Phi) is 5.28. The van der Waals surface area contributed by atoms with Crippen molar-refractivity contribution in [3.05, 3.63) is 0 Å². The summed E-state index contributed by atoms with van der Waals surface area (Å²) in [6, 6.07) is 0. The molecular weight excluding hydrogens is 194 g/mol. The molecule has 0 radical (unpaired) electrons. The van der Waals surface area contributed by atoms with E-state index in [1.807, 2.05) is 6.92 Å². The number of nitrogens with two attached hydrogens (primary N) is 2. The van der Waals surface area contributed by atoms with Gasteiger partial charge in [0.15, 0.2) is 0 Å². The summed E-state index contributed by atoms with van der Waals surface area (Å²) in [4.78, 5) is 22.7. The van der Waals surface area contributed by atoms with Crippen molar-refractivity contribution < 1.29 is 9.59 Å². The van der Waals surface area contributed by atoms with Crippen LogP contribution in [0.1, 0.15) is 33.6 Å². The molecule has 2 amide bonds. The zero-order chi connectivity index (χ0) is 12.1. The summed E-state index contributed by atoms with van der Waals surface area (Å²) in [7, 11) is 0. The summed E-state index contributed by atoms with van der Waals surface area (Å²) in [6.45, 7) is 5.42. The largest absolute Gasteiger partial charge is 0.368 e. The van der Waals surface area contributed by atoms with E-state index in [4.69, 9.17) is 11.5 Å². The van der Waals surface area contributed by atoms with E-state index in [9.17, 15) is 9.59 Å². The highest BCUT2D eigenvalue weighted by molar-refractivity contribution is 5.90. The normalized spacial score (nSPS) is 13.3. The van der Waals surface area contributed by atoms with Gasteiger partial charge in [0.25, 0.3) is 0 Å². The van der Waals surface area contributed by atoms with E-state index in [0.717, 1.165) is 12.8 Å². The molecule has 1 unspecified atom stereocenters. The van der Waals surface area contributed by atoms with Gasteiger partial charge in [-0.2, -0.15) is 0 Å². The molecule has 0 aliphatic heterocycles. The Morgan fingerprint density at radius 1 is 1.40 bits per heavy atom. The van der Waals surface area contributed by atoms with Crippen molar-refractivity contribution in [2.75, 3.05) is 6.54 Å². The first kappa shape index (κ1) is 13.9. The van der Waals surface area contributed by atoms with E-state index in [2.05, 4.69) is 5.32 Å². The predicted octanol–water partition coefficient (Wildman–Crippen LogP) is -0.258. The van der Waals surface area contributed by atoms with Crippen LogP contribution in [-0.2, 0) is 9.59 Å². The molecular formula is C10H21N3O2. The topological polar surface area (TPSA) is 98.2 Å². The summed E-state index contributed by atoms with van der Waals surface area (Å²) in [5, 5.41) is 2.60. The third-order valence-electron chi connectivity index (χ3n) is 2.34. The van der Waals surface area contributed by atoms with Gasteiger partial charge in [-0.25, -0.2) is 0 Å². The molecule has 0 fully saturated rings. The highest BCUT2D eigenvalue weighted by Crippen LogP contribution is 2.08. The van der Waals surface area contributed by atoms with Crippen LogP contribution in [0.5, 0.6) is 0 Å². The van der Waals surface area contributed by atoms with Crippen molar-refractivity contribution in [2.24, 2.45) is 17.4 Å². The van der Waals surface area contributed by atoms with E-state index in [1.54, 1.807) is 13.8 Å². The average Bonchev–Trinajstić information content (AvgIpc) is 2.12. The number of hydrogen-bond acceptors (Lipinski definition) is 3. The molecule has 0 bridgehead atoms. The Morgan fingerprint density at radius 3 is 2.27 bits per heavy atom. The van der Waals surface area contributed by atoms with Crippen LogP contribution in [0, 0.1) is 5.92 Å². The lowest BCUT2D eigenvalue weighted by Gasteiger charge is -2.25. The zero-order valence-corrected chi connectivity index (χ0v) is 9.67. The first-order chi connectivity index (χ1) is 6.85. The second kappa shape index (κ2) is 5.70. The first-order valence-corrected chi connectivity index (χ1v) is 5.17. The summed E-state index contributed by atoms with van der Waals surface area (Å²) in [5.41, 5.74) is 9.61. The molecule has 0 spiro atoms. The van der Waals surface area contributed by atoms with Gasteiger partial charge in [0.05, 0.1) is 5.92 Å². The lowest BCUT2D eigenvalue weighted by Crippen LogP contribution is -2.55. The molecule has 5 heteroatoms. The first-order valence-electron chi connectivity index (χ1n) is 5.17. The monoisotopic (exact) mass is 215 g/mol. The van der Waals surface area contributed by atoms with E-state index in [-0.39, 0.29) is 18.4 Å².